The van der Waals surface area contributed by atoms with Gasteiger partial charge in [0.1, 0.15) is 5.76 Å². The zero-order valence-corrected chi connectivity index (χ0v) is 5.55. The van der Waals surface area contributed by atoms with Gasteiger partial charge < -0.3 is 14.6 Å². The van der Waals surface area contributed by atoms with Crippen LogP contribution in [0.2, 0.25) is 0 Å². The van der Waals surface area contributed by atoms with Crippen LogP contribution in [-0.4, -0.2) is 0 Å². The van der Waals surface area contributed by atoms with E-state index in [1.54, 1.807) is 6.07 Å². The van der Waals surface area contributed by atoms with Gasteiger partial charge in [0.15, 0.2) is 17.1 Å². The van der Waals surface area contributed by atoms with E-state index >= 15 is 0 Å². The summed E-state index contributed by atoms with van der Waals surface area (Å²) in [5, 5.41) is 0. The smallest absolute Gasteiger partial charge is 0.194 e. The maximum Gasteiger partial charge on any atom is 0.194 e. The van der Waals surface area contributed by atoms with Crippen molar-refractivity contribution in [2.24, 2.45) is 0 Å². The molecule has 0 saturated carbocycles. The molecule has 0 atom stereocenters. The number of rotatable bonds is 0. The Morgan fingerprint density at radius 3 is 2.60 bits per heavy atom. The van der Waals surface area contributed by atoms with Gasteiger partial charge in [0.25, 0.3) is 0 Å². The number of aryl methyl sites for hydroxylation is 1. The third-order valence-corrected chi connectivity index (χ3v) is 1.35. The maximum atomic E-state index is 5.36. The van der Waals surface area contributed by atoms with Gasteiger partial charge in [0.2, 0.25) is 0 Å². The summed E-state index contributed by atoms with van der Waals surface area (Å²) in [6, 6.07) is 3.48. The molecule has 0 fully saturated rings. The summed E-state index contributed by atoms with van der Waals surface area (Å²) < 4.78 is 10.3. The van der Waals surface area contributed by atoms with Crippen LogP contribution in [0.3, 0.4) is 0 Å². The van der Waals surface area contributed by atoms with Crippen LogP contribution in [0.5, 0.6) is 0 Å². The second-order valence-corrected chi connectivity index (χ2v) is 2.23. The molecule has 0 aliphatic heterocycles. The first kappa shape index (κ1) is 5.41. The van der Waals surface area contributed by atoms with Gasteiger partial charge in [-0.3, -0.25) is 0 Å². The van der Waals surface area contributed by atoms with E-state index in [-0.39, 0.29) is 0 Å². The third kappa shape index (κ3) is 0.603. The number of fused-ring (bicyclic) bond motifs is 1. The molecular weight excluding hydrogens is 130 g/mol. The standard InChI is InChI=1S/C7H7NO2/c1-4-2-5-6(9-4)3-7(8)10-5/h2-3H,8H2,1H3. The van der Waals surface area contributed by atoms with Crippen molar-refractivity contribution in [2.75, 3.05) is 5.73 Å². The van der Waals surface area contributed by atoms with E-state index in [0.29, 0.717) is 5.88 Å². The number of hydrogen-bond acceptors (Lipinski definition) is 3. The maximum absolute atomic E-state index is 5.36. The van der Waals surface area contributed by atoms with Crippen molar-refractivity contribution >= 4 is 17.1 Å². The molecule has 2 N–H and O–H groups in total. The highest BCUT2D eigenvalue weighted by Crippen LogP contribution is 2.23. The fourth-order valence-electron chi connectivity index (χ4n) is 0.975. The Morgan fingerprint density at radius 1 is 1.20 bits per heavy atom. The molecule has 0 amide bonds. The minimum atomic E-state index is 0.397. The van der Waals surface area contributed by atoms with Gasteiger partial charge in [0, 0.05) is 12.1 Å². The highest BCUT2D eigenvalue weighted by atomic mass is 16.4. The number of anilines is 1. The Balaban J connectivity index is 2.83. The normalized spacial score (nSPS) is 10.9. The van der Waals surface area contributed by atoms with Gasteiger partial charge in [0.05, 0.1) is 0 Å². The van der Waals surface area contributed by atoms with Gasteiger partial charge in [-0.1, -0.05) is 0 Å². The molecule has 52 valence electrons. The van der Waals surface area contributed by atoms with E-state index in [4.69, 9.17) is 14.6 Å². The lowest BCUT2D eigenvalue weighted by molar-refractivity contribution is 0.578. The number of nitrogens with two attached hydrogens (primary N) is 1. The van der Waals surface area contributed by atoms with Crippen molar-refractivity contribution in [3.8, 4) is 0 Å². The largest absolute Gasteiger partial charge is 0.458 e. The van der Waals surface area contributed by atoms with Crippen LogP contribution in [0.15, 0.2) is 21.0 Å². The van der Waals surface area contributed by atoms with Crippen LogP contribution >= 0.6 is 0 Å². The van der Waals surface area contributed by atoms with Crippen molar-refractivity contribution < 1.29 is 8.83 Å². The van der Waals surface area contributed by atoms with Crippen LogP contribution < -0.4 is 5.73 Å². The van der Waals surface area contributed by atoms with Crippen molar-refractivity contribution in [1.82, 2.24) is 0 Å². The molecule has 2 heterocycles. The first-order chi connectivity index (χ1) is 4.75. The monoisotopic (exact) mass is 137 g/mol. The lowest BCUT2D eigenvalue weighted by Gasteiger charge is -1.77. The van der Waals surface area contributed by atoms with E-state index in [1.165, 1.54) is 0 Å². The van der Waals surface area contributed by atoms with Crippen LogP contribution in [0.4, 0.5) is 5.88 Å². The molecule has 2 aromatic rings. The zero-order valence-electron chi connectivity index (χ0n) is 5.55. The average Bonchev–Trinajstić information content (AvgIpc) is 2.21. The van der Waals surface area contributed by atoms with Crippen molar-refractivity contribution in [3.63, 3.8) is 0 Å². The number of nitrogen functional groups attached to an aromatic ring is 1. The second kappa shape index (κ2) is 1.56. The van der Waals surface area contributed by atoms with Gasteiger partial charge in [-0.25, -0.2) is 0 Å². The number of hydrogen-bond donors (Lipinski definition) is 1. The van der Waals surface area contributed by atoms with Crippen LogP contribution in [0.1, 0.15) is 5.76 Å². The second-order valence-electron chi connectivity index (χ2n) is 2.23. The molecule has 3 heteroatoms. The Morgan fingerprint density at radius 2 is 1.90 bits per heavy atom. The first-order valence-electron chi connectivity index (χ1n) is 3.01. The Bertz CT molecular complexity index is 295. The van der Waals surface area contributed by atoms with E-state index in [0.717, 1.165) is 16.9 Å². The Hall–Kier alpha value is -1.38. The summed E-state index contributed by atoms with van der Waals surface area (Å²) in [6.45, 7) is 1.87. The van der Waals surface area contributed by atoms with Gasteiger partial charge in [-0.05, 0) is 6.92 Å². The topological polar surface area (TPSA) is 52.3 Å². The quantitative estimate of drug-likeness (QED) is 0.603. The average molecular weight is 137 g/mol. The molecule has 0 aromatic carbocycles. The number of furan rings is 2. The summed E-state index contributed by atoms with van der Waals surface area (Å²) in [5.41, 5.74) is 6.79. The molecule has 2 rings (SSSR count). The molecule has 0 saturated heterocycles. The summed E-state index contributed by atoms with van der Waals surface area (Å²) in [5.74, 6) is 1.24. The molecule has 0 spiro atoms. The lowest BCUT2D eigenvalue weighted by Crippen LogP contribution is -1.75. The predicted octanol–water partition coefficient (Wildman–Crippen LogP) is 1.92. The minimum Gasteiger partial charge on any atom is -0.458 e. The summed E-state index contributed by atoms with van der Waals surface area (Å²) >= 11 is 0. The van der Waals surface area contributed by atoms with Gasteiger partial charge in [-0.15, -0.1) is 0 Å². The van der Waals surface area contributed by atoms with Crippen LogP contribution in [0, 0.1) is 6.92 Å². The van der Waals surface area contributed by atoms with E-state index < -0.39 is 0 Å². The summed E-state index contributed by atoms with van der Waals surface area (Å²) in [4.78, 5) is 0. The van der Waals surface area contributed by atoms with Crippen molar-refractivity contribution in [3.05, 3.63) is 17.9 Å². The third-order valence-electron chi connectivity index (χ3n) is 1.35. The predicted molar refractivity (Wildman–Crippen MR) is 37.6 cm³/mol. The molecule has 0 aliphatic carbocycles. The first-order valence-corrected chi connectivity index (χ1v) is 3.01. The molecule has 0 radical (unpaired) electrons. The molecule has 3 nitrogen and oxygen atoms in total. The Labute approximate surface area is 57.4 Å². The highest BCUT2D eigenvalue weighted by Gasteiger charge is 2.04. The van der Waals surface area contributed by atoms with Crippen LogP contribution in [0.25, 0.3) is 11.2 Å². The highest BCUT2D eigenvalue weighted by molar-refractivity contribution is 5.74. The minimum absolute atomic E-state index is 0.397. The molecular formula is C7H7NO2. The fraction of sp³-hybridized carbons (Fsp3) is 0.143. The Kier molecular flexibility index (Phi) is 0.845. The SMILES string of the molecule is Cc1cc2oc(N)cc2o1. The van der Waals surface area contributed by atoms with Gasteiger partial charge in [-0.2, -0.15) is 0 Å². The summed E-state index contributed by atoms with van der Waals surface area (Å²) in [6.07, 6.45) is 0. The van der Waals surface area contributed by atoms with E-state index in [9.17, 15) is 0 Å². The van der Waals surface area contributed by atoms with E-state index in [1.807, 2.05) is 13.0 Å². The molecule has 0 aliphatic rings. The lowest BCUT2D eigenvalue weighted by atomic mass is 10.4. The van der Waals surface area contributed by atoms with Crippen molar-refractivity contribution in [1.29, 1.82) is 0 Å². The molecule has 10 heavy (non-hydrogen) atoms. The van der Waals surface area contributed by atoms with Crippen molar-refractivity contribution in [2.45, 2.75) is 6.92 Å². The van der Waals surface area contributed by atoms with Crippen LogP contribution in [-0.2, 0) is 0 Å². The van der Waals surface area contributed by atoms with Gasteiger partial charge >= 0.3 is 0 Å². The fourth-order valence-corrected chi connectivity index (χ4v) is 0.975. The molecule has 0 bridgehead atoms. The van der Waals surface area contributed by atoms with E-state index in [2.05, 4.69) is 0 Å². The zero-order chi connectivity index (χ0) is 7.14. The molecule has 2 aromatic heterocycles. The summed E-state index contributed by atoms with van der Waals surface area (Å²) in [7, 11) is 0. The molecule has 0 unspecified atom stereocenters.